The molecule has 6 N–H and O–H groups in total. The Hall–Kier alpha value is 0.154. The second-order valence-electron chi connectivity index (χ2n) is 19.1. The first-order chi connectivity index (χ1) is 26.0. The van der Waals surface area contributed by atoms with Gasteiger partial charge in [0.2, 0.25) is 0 Å². The number of rotatable bonds is 42. The summed E-state index contributed by atoms with van der Waals surface area (Å²) in [4.78, 5) is 59.1. The normalized spacial score (nSPS) is 15.1. The van der Waals surface area contributed by atoms with Crippen molar-refractivity contribution in [2.75, 3.05) is 20.6 Å². The molecule has 0 aromatic heterocycles. The number of nitrogens with zero attached hydrogens (tertiary/aromatic N) is 1. The van der Waals surface area contributed by atoms with Crippen LogP contribution in [0.4, 0.5) is 0 Å². The second-order valence-corrected chi connectivity index (χ2v) is 23.2. The average molecular weight is 819 g/mol. The van der Waals surface area contributed by atoms with Crippen molar-refractivity contribution in [3.05, 3.63) is 0 Å². The van der Waals surface area contributed by atoms with Crippen molar-refractivity contribution in [2.45, 2.75) is 270 Å². The summed E-state index contributed by atoms with van der Waals surface area (Å²) in [5, 5.41) is 0. The van der Waals surface area contributed by atoms with Gasteiger partial charge in [-0.3, -0.25) is 0 Å². The molecule has 0 fully saturated rings. The highest BCUT2D eigenvalue weighted by Gasteiger charge is 2.54. The van der Waals surface area contributed by atoms with Gasteiger partial charge in [-0.1, -0.05) is 207 Å². The topological polar surface area (TPSA) is 121 Å². The van der Waals surface area contributed by atoms with E-state index in [2.05, 4.69) is 41.8 Å². The molecule has 0 amide bonds. The lowest BCUT2D eigenvalue weighted by molar-refractivity contribution is -0.949. The molecule has 0 rings (SSSR count). The minimum absolute atomic E-state index is 0.0487. The molecule has 55 heavy (non-hydrogen) atoms. The van der Waals surface area contributed by atoms with E-state index in [1.54, 1.807) is 0 Å². The van der Waals surface area contributed by atoms with E-state index in [0.29, 0.717) is 17.3 Å². The Morgan fingerprint density at radius 1 is 0.345 bits per heavy atom. The van der Waals surface area contributed by atoms with Gasteiger partial charge in [-0.25, -0.2) is 0 Å². The number of quaternary nitrogens is 1. The molecule has 0 aliphatic rings. The van der Waals surface area contributed by atoms with Crippen LogP contribution in [0.5, 0.6) is 0 Å². The van der Waals surface area contributed by atoms with Gasteiger partial charge in [0.25, 0.3) is 0 Å². The molecule has 0 aliphatic carbocycles. The molecule has 2 unspecified atom stereocenters. The van der Waals surface area contributed by atoms with E-state index in [-0.39, 0.29) is 23.0 Å². The lowest BCUT2D eigenvalue weighted by Crippen LogP contribution is -2.66. The van der Waals surface area contributed by atoms with Crippen LogP contribution in [-0.4, -0.2) is 77.0 Å². The fourth-order valence-corrected chi connectivity index (χ4v) is 10.7. The smallest absolute Gasteiger partial charge is 0.390 e. The molecule has 0 saturated carbocycles. The molecule has 0 saturated heterocycles. The predicted molar refractivity (Wildman–Crippen MR) is 241 cm³/mol. The maximum atomic E-state index is 9.92. The van der Waals surface area contributed by atoms with Crippen molar-refractivity contribution in [3.63, 3.8) is 0 Å². The van der Waals surface area contributed by atoms with Crippen molar-refractivity contribution in [1.82, 2.24) is 0 Å². The zero-order valence-electron chi connectivity index (χ0n) is 38.0. The highest BCUT2D eigenvalue weighted by Crippen LogP contribution is 2.50. The maximum Gasteiger partial charge on any atom is 0.492 e. The third kappa shape index (κ3) is 29.9. The van der Waals surface area contributed by atoms with E-state index < -0.39 is 17.6 Å². The first-order valence-corrected chi connectivity index (χ1v) is 28.3. The van der Waals surface area contributed by atoms with Crippen LogP contribution in [-0.2, 0) is 0 Å². The van der Waals surface area contributed by atoms with E-state index in [0.717, 1.165) is 38.6 Å². The summed E-state index contributed by atoms with van der Waals surface area (Å²) < 4.78 is 0.714. The van der Waals surface area contributed by atoms with Crippen molar-refractivity contribution >= 4 is 17.6 Å². The third-order valence-corrected chi connectivity index (χ3v) is 15.8. The molecule has 0 aliphatic heterocycles. The highest BCUT2D eigenvalue weighted by atomic mass is 28.4. The van der Waals surface area contributed by atoms with Crippen LogP contribution < -0.4 is 0 Å². The van der Waals surface area contributed by atoms with Gasteiger partial charge in [0.1, 0.15) is 5.54 Å². The molecule has 0 aromatic carbocycles. The van der Waals surface area contributed by atoms with Crippen molar-refractivity contribution < 1.29 is 33.3 Å². The summed E-state index contributed by atoms with van der Waals surface area (Å²) in [5.74, 6) is 0. The fraction of sp³-hybridized carbons (Fsp3) is 1.00. The summed E-state index contributed by atoms with van der Waals surface area (Å²) in [6.07, 6.45) is 44.2. The van der Waals surface area contributed by atoms with E-state index in [4.69, 9.17) is 0 Å². The Labute approximate surface area is 345 Å². The summed E-state index contributed by atoms with van der Waals surface area (Å²) in [5.41, 5.74) is -0.246. The van der Waals surface area contributed by atoms with Gasteiger partial charge >= 0.3 is 17.6 Å². The number of unbranched alkanes of at least 4 members (excludes halogenated alkanes) is 28. The van der Waals surface area contributed by atoms with Gasteiger partial charge in [-0.15, -0.1) is 0 Å². The molecule has 332 valence electrons. The molecule has 0 radical (unpaired) electrons. The molecule has 7 nitrogen and oxygen atoms in total. The van der Waals surface area contributed by atoms with Gasteiger partial charge in [0.05, 0.1) is 20.6 Å². The van der Waals surface area contributed by atoms with Crippen molar-refractivity contribution in [2.24, 2.45) is 5.41 Å². The Kier molecular flexibility index (Phi) is 33.0. The molecular weight excluding hydrogens is 719 g/mol. The third-order valence-electron chi connectivity index (χ3n) is 13.7. The van der Waals surface area contributed by atoms with E-state index in [1.807, 2.05) is 0 Å². The summed E-state index contributed by atoms with van der Waals surface area (Å²) in [6, 6.07) is 0.116. The van der Waals surface area contributed by atoms with Crippen LogP contribution >= 0.6 is 0 Å². The summed E-state index contributed by atoms with van der Waals surface area (Å²) in [6.45, 7) is 10.1. The Morgan fingerprint density at radius 2 is 0.600 bits per heavy atom. The molecule has 0 spiro atoms. The second kappa shape index (κ2) is 32.9. The standard InChI is InChI=1S/C46H100NO6Si2/c1-7-9-11-13-15-17-19-21-23-24-26-28-30-32-34-36-41-46(4,47(5,6)42-38-44-55(51,52)53)45(3,40-37-43-54(48,49)50)39-35-33-31-29-27-25-22-20-18-16-14-12-10-8-2/h48-53H,7-44H2,1-6H3/q+1. The molecule has 0 bridgehead atoms. The molecule has 0 aromatic rings. The Morgan fingerprint density at radius 3 is 0.909 bits per heavy atom. The SMILES string of the molecule is CCCCCCCCCCCCCCCCCCC(C)(C(C)(CCCCCCCCCCCCCCCC)CCC[Si](O)(O)O)[N+](C)(C)CCC[Si](O)(O)O. The average Bonchev–Trinajstić information content (AvgIpc) is 3.10. The fourth-order valence-electron chi connectivity index (χ4n) is 9.40. The first-order valence-electron chi connectivity index (χ1n) is 24.2. The number of hydrogen-bond acceptors (Lipinski definition) is 6. The van der Waals surface area contributed by atoms with Gasteiger partial charge in [-0.2, -0.15) is 0 Å². The van der Waals surface area contributed by atoms with Gasteiger partial charge in [0, 0.05) is 30.3 Å². The number of hydrogen-bond donors (Lipinski definition) is 6. The maximum absolute atomic E-state index is 9.92. The van der Waals surface area contributed by atoms with Crippen LogP contribution in [0, 0.1) is 5.41 Å². The zero-order valence-corrected chi connectivity index (χ0v) is 40.0. The van der Waals surface area contributed by atoms with Crippen LogP contribution in [0.15, 0.2) is 0 Å². The van der Waals surface area contributed by atoms with E-state index >= 15 is 0 Å². The summed E-state index contributed by atoms with van der Waals surface area (Å²) in [7, 11) is -3.69. The van der Waals surface area contributed by atoms with Crippen molar-refractivity contribution in [3.8, 4) is 0 Å². The molecule has 2 atom stereocenters. The van der Waals surface area contributed by atoms with Crippen molar-refractivity contribution in [1.29, 1.82) is 0 Å². The highest BCUT2D eigenvalue weighted by molar-refractivity contribution is 6.56. The Balaban J connectivity index is 5.14. The zero-order chi connectivity index (χ0) is 41.4. The van der Waals surface area contributed by atoms with Gasteiger partial charge in [0.15, 0.2) is 0 Å². The van der Waals surface area contributed by atoms with Gasteiger partial charge in [-0.05, 0) is 32.6 Å². The lowest BCUT2D eigenvalue weighted by Gasteiger charge is -2.57. The van der Waals surface area contributed by atoms with Crippen LogP contribution in [0.2, 0.25) is 12.1 Å². The van der Waals surface area contributed by atoms with Crippen LogP contribution in [0.3, 0.4) is 0 Å². The largest absolute Gasteiger partial charge is 0.492 e. The quantitative estimate of drug-likeness (QED) is 0.0207. The first kappa shape index (κ1) is 55.2. The van der Waals surface area contributed by atoms with Crippen LogP contribution in [0.1, 0.15) is 252 Å². The molecule has 9 heteroatoms. The monoisotopic (exact) mass is 819 g/mol. The van der Waals surface area contributed by atoms with E-state index in [1.165, 1.54) is 180 Å². The molecular formula is C46H100NO6Si2+. The van der Waals surface area contributed by atoms with Crippen LogP contribution in [0.25, 0.3) is 0 Å². The predicted octanol–water partition coefficient (Wildman–Crippen LogP) is 12.4. The van der Waals surface area contributed by atoms with Gasteiger partial charge < -0.3 is 33.3 Å². The van der Waals surface area contributed by atoms with E-state index in [9.17, 15) is 28.8 Å². The molecule has 0 heterocycles. The minimum atomic E-state index is -4.13. The summed E-state index contributed by atoms with van der Waals surface area (Å²) >= 11 is 0. The minimum Gasteiger partial charge on any atom is -0.390 e. The Bertz CT molecular complexity index is 851. The lowest BCUT2D eigenvalue weighted by atomic mass is 9.62.